The van der Waals surface area contributed by atoms with Crippen molar-refractivity contribution in [1.82, 2.24) is 4.98 Å². The van der Waals surface area contributed by atoms with E-state index in [0.29, 0.717) is 0 Å². The van der Waals surface area contributed by atoms with Gasteiger partial charge in [0.05, 0.1) is 18.2 Å². The molecule has 0 aromatic carbocycles. The summed E-state index contributed by atoms with van der Waals surface area (Å²) >= 11 is 1.40. The lowest BCUT2D eigenvalue weighted by molar-refractivity contribution is -0.140. The van der Waals surface area contributed by atoms with Gasteiger partial charge < -0.3 is 4.74 Å². The second-order valence-electron chi connectivity index (χ2n) is 3.03. The highest BCUT2D eigenvalue weighted by molar-refractivity contribution is 14.1. The van der Waals surface area contributed by atoms with Crippen molar-refractivity contribution in [3.63, 3.8) is 0 Å². The number of methoxy groups -OCH3 is 1. The highest BCUT2D eigenvalue weighted by Gasteiger charge is 2.42. The van der Waals surface area contributed by atoms with Crippen LogP contribution in [-0.2, 0) is 10.9 Å². The summed E-state index contributed by atoms with van der Waals surface area (Å²) in [7, 11) is 0.862. The summed E-state index contributed by atoms with van der Waals surface area (Å²) in [6.45, 7) is 0. The summed E-state index contributed by atoms with van der Waals surface area (Å²) < 4.78 is 67.3. The molecule has 0 bridgehead atoms. The van der Waals surface area contributed by atoms with Gasteiger partial charge in [0.2, 0.25) is 0 Å². The molecule has 0 fully saturated rings. The number of ether oxygens (including phenoxy) is 1. The normalized spacial score (nSPS) is 11.8. The maximum absolute atomic E-state index is 12.8. The lowest BCUT2D eigenvalue weighted by Gasteiger charge is -2.16. The maximum atomic E-state index is 12.8. The molecule has 18 heavy (non-hydrogen) atoms. The quantitative estimate of drug-likeness (QED) is 0.448. The Balaban J connectivity index is 3.67. The van der Waals surface area contributed by atoms with Crippen LogP contribution < -0.4 is 0 Å². The van der Waals surface area contributed by atoms with E-state index in [1.54, 1.807) is 0 Å². The van der Waals surface area contributed by atoms with Crippen LogP contribution in [0.1, 0.15) is 28.0 Å². The predicted octanol–water partition coefficient (Wildman–Crippen LogP) is 3.43. The van der Waals surface area contributed by atoms with Gasteiger partial charge in [-0.1, -0.05) is 0 Å². The molecule has 0 saturated heterocycles. The van der Waals surface area contributed by atoms with Gasteiger partial charge >= 0.3 is 12.1 Å². The number of carbonyl (C=O) groups excluding carboxylic acids is 1. The molecule has 9 heteroatoms. The van der Waals surface area contributed by atoms with Crippen LogP contribution in [0.25, 0.3) is 0 Å². The van der Waals surface area contributed by atoms with Crippen LogP contribution in [0.15, 0.2) is 6.20 Å². The molecule has 0 spiro atoms. The first-order valence-corrected chi connectivity index (χ1v) is 5.40. The first-order valence-electron chi connectivity index (χ1n) is 4.32. The number of rotatable bonds is 2. The SMILES string of the molecule is COC(=O)c1c(I)cnc(C(F)F)c1C(F)(F)F. The van der Waals surface area contributed by atoms with Gasteiger partial charge in [-0.15, -0.1) is 0 Å². The van der Waals surface area contributed by atoms with Crippen LogP contribution in [0.5, 0.6) is 0 Å². The molecule has 1 aromatic heterocycles. The Morgan fingerprint density at radius 2 is 2.00 bits per heavy atom. The third-order valence-corrected chi connectivity index (χ3v) is 2.76. The number of esters is 1. The summed E-state index contributed by atoms with van der Waals surface area (Å²) in [6, 6.07) is 0. The Morgan fingerprint density at radius 3 is 2.39 bits per heavy atom. The number of carbonyl (C=O) groups is 1. The van der Waals surface area contributed by atoms with E-state index in [0.717, 1.165) is 13.3 Å². The van der Waals surface area contributed by atoms with Gasteiger partial charge in [0.15, 0.2) is 0 Å². The largest absolute Gasteiger partial charge is 0.465 e. The Kier molecular flexibility index (Phi) is 4.46. The number of hydrogen-bond acceptors (Lipinski definition) is 3. The Morgan fingerprint density at radius 1 is 1.44 bits per heavy atom. The van der Waals surface area contributed by atoms with E-state index >= 15 is 0 Å². The molecule has 0 N–H and O–H groups in total. The molecule has 0 aliphatic heterocycles. The van der Waals surface area contributed by atoms with Crippen LogP contribution >= 0.6 is 22.6 Å². The minimum atomic E-state index is -5.12. The molecule has 0 unspecified atom stereocenters. The molecule has 0 aliphatic rings. The van der Waals surface area contributed by atoms with Crippen molar-refractivity contribution in [2.45, 2.75) is 12.6 Å². The number of aromatic nitrogens is 1. The summed E-state index contributed by atoms with van der Waals surface area (Å²) in [5, 5.41) is 0. The van der Waals surface area contributed by atoms with Gasteiger partial charge in [-0.05, 0) is 22.6 Å². The molecule has 3 nitrogen and oxygen atoms in total. The van der Waals surface area contributed by atoms with E-state index in [4.69, 9.17) is 0 Å². The molecule has 0 saturated carbocycles. The van der Waals surface area contributed by atoms with Gasteiger partial charge in [-0.25, -0.2) is 13.6 Å². The smallest absolute Gasteiger partial charge is 0.419 e. The van der Waals surface area contributed by atoms with Crippen molar-refractivity contribution in [1.29, 1.82) is 0 Å². The van der Waals surface area contributed by atoms with Crippen molar-refractivity contribution in [2.75, 3.05) is 7.11 Å². The minimum absolute atomic E-state index is 0.212. The molecule has 0 aliphatic carbocycles. The molecular formula is C9H5F5INO2. The van der Waals surface area contributed by atoms with Crippen molar-refractivity contribution in [3.8, 4) is 0 Å². The number of nitrogens with zero attached hydrogens (tertiary/aromatic N) is 1. The Labute approximate surface area is 111 Å². The van der Waals surface area contributed by atoms with E-state index in [1.165, 1.54) is 22.6 Å². The van der Waals surface area contributed by atoms with Gasteiger partial charge in [0.25, 0.3) is 6.43 Å². The van der Waals surface area contributed by atoms with Crippen molar-refractivity contribution in [2.24, 2.45) is 0 Å². The highest BCUT2D eigenvalue weighted by atomic mass is 127. The average molecular weight is 381 g/mol. The Bertz CT molecular complexity index is 475. The predicted molar refractivity (Wildman–Crippen MR) is 58.3 cm³/mol. The van der Waals surface area contributed by atoms with Gasteiger partial charge in [-0.3, -0.25) is 4.98 Å². The van der Waals surface area contributed by atoms with Crippen LogP contribution in [0.2, 0.25) is 0 Å². The highest BCUT2D eigenvalue weighted by Crippen LogP contribution is 2.39. The average Bonchev–Trinajstić information content (AvgIpc) is 2.25. The first-order chi connectivity index (χ1) is 8.20. The monoisotopic (exact) mass is 381 g/mol. The third-order valence-electron chi connectivity index (χ3n) is 1.94. The van der Waals surface area contributed by atoms with Gasteiger partial charge in [0, 0.05) is 9.77 Å². The lowest BCUT2D eigenvalue weighted by atomic mass is 10.1. The van der Waals surface area contributed by atoms with E-state index in [9.17, 15) is 26.7 Å². The Hall–Kier alpha value is -1.00. The summed E-state index contributed by atoms with van der Waals surface area (Å²) in [6.07, 6.45) is -7.80. The topological polar surface area (TPSA) is 39.2 Å². The van der Waals surface area contributed by atoms with Crippen LogP contribution in [-0.4, -0.2) is 18.1 Å². The molecule has 0 amide bonds. The number of halogens is 6. The molecule has 1 aromatic rings. The molecule has 100 valence electrons. The lowest BCUT2D eigenvalue weighted by Crippen LogP contribution is -2.20. The van der Waals surface area contributed by atoms with Crippen molar-refractivity contribution >= 4 is 28.6 Å². The third kappa shape index (κ3) is 2.87. The van der Waals surface area contributed by atoms with E-state index in [-0.39, 0.29) is 3.57 Å². The zero-order valence-corrected chi connectivity index (χ0v) is 10.8. The fourth-order valence-electron chi connectivity index (χ4n) is 1.26. The number of alkyl halides is 5. The van der Waals surface area contributed by atoms with Gasteiger partial charge in [0.1, 0.15) is 5.69 Å². The maximum Gasteiger partial charge on any atom is 0.419 e. The molecule has 0 radical (unpaired) electrons. The van der Waals surface area contributed by atoms with Crippen molar-refractivity contribution < 1.29 is 31.5 Å². The second kappa shape index (κ2) is 5.33. The van der Waals surface area contributed by atoms with Gasteiger partial charge in [-0.2, -0.15) is 13.2 Å². The molecular weight excluding hydrogens is 376 g/mol. The first kappa shape index (κ1) is 15.1. The second-order valence-corrected chi connectivity index (χ2v) is 4.19. The van der Waals surface area contributed by atoms with E-state index in [1.807, 2.05) is 0 Å². The van der Waals surface area contributed by atoms with Crippen LogP contribution in [0.3, 0.4) is 0 Å². The number of pyridine rings is 1. The fourth-order valence-corrected chi connectivity index (χ4v) is 1.89. The zero-order chi connectivity index (χ0) is 14.1. The van der Waals surface area contributed by atoms with E-state index < -0.39 is 35.4 Å². The van der Waals surface area contributed by atoms with Crippen LogP contribution in [0.4, 0.5) is 22.0 Å². The minimum Gasteiger partial charge on any atom is -0.465 e. The number of hydrogen-bond donors (Lipinski definition) is 0. The molecule has 1 rings (SSSR count). The summed E-state index contributed by atoms with van der Waals surface area (Å²) in [5.41, 5.74) is -4.18. The molecule has 0 atom stereocenters. The van der Waals surface area contributed by atoms with Crippen LogP contribution in [0, 0.1) is 3.57 Å². The van der Waals surface area contributed by atoms with E-state index in [2.05, 4.69) is 9.72 Å². The fraction of sp³-hybridized carbons (Fsp3) is 0.333. The summed E-state index contributed by atoms with van der Waals surface area (Å²) in [5.74, 6) is -1.34. The zero-order valence-electron chi connectivity index (χ0n) is 8.69. The standard InChI is InChI=1S/C9H5F5INO2/c1-18-8(17)4-3(15)2-16-6(7(10)11)5(4)9(12,13)14/h2,7H,1H3. The molecule has 1 heterocycles. The van der Waals surface area contributed by atoms with Crippen molar-refractivity contribution in [3.05, 3.63) is 26.6 Å². The summed E-state index contributed by atoms with van der Waals surface area (Å²) in [4.78, 5) is 14.3.